The molecule has 0 aliphatic carbocycles. The van der Waals surface area contributed by atoms with Gasteiger partial charge < -0.3 is 20.9 Å². The van der Waals surface area contributed by atoms with Crippen molar-refractivity contribution in [2.75, 3.05) is 24.8 Å². The Morgan fingerprint density at radius 2 is 2.17 bits per heavy atom. The molecule has 0 bridgehead atoms. The molecule has 0 radical (unpaired) electrons. The Morgan fingerprint density at radius 1 is 1.39 bits per heavy atom. The van der Waals surface area contributed by atoms with Gasteiger partial charge >= 0.3 is 0 Å². The molecule has 0 unspecified atom stereocenters. The Morgan fingerprint density at radius 3 is 2.91 bits per heavy atom. The first-order valence-corrected chi connectivity index (χ1v) is 6.94. The summed E-state index contributed by atoms with van der Waals surface area (Å²) in [5.74, 6) is 0.146. The van der Waals surface area contributed by atoms with Crippen LogP contribution in [-0.4, -0.2) is 35.4 Å². The maximum Gasteiger partial charge on any atom is 0.227 e. The van der Waals surface area contributed by atoms with Crippen LogP contribution in [0.1, 0.15) is 17.5 Å². The van der Waals surface area contributed by atoms with Crippen LogP contribution in [0.5, 0.6) is 5.75 Å². The number of pyridine rings is 1. The summed E-state index contributed by atoms with van der Waals surface area (Å²) in [5, 5.41) is 20.4. The summed E-state index contributed by atoms with van der Waals surface area (Å²) in [5.41, 5.74) is 7.30. The van der Waals surface area contributed by atoms with Crippen LogP contribution in [0.4, 0.5) is 11.5 Å². The minimum Gasteiger partial charge on any atom is -0.508 e. The van der Waals surface area contributed by atoms with E-state index in [-0.39, 0.29) is 23.8 Å². The third kappa shape index (κ3) is 4.27. The molecule has 0 saturated heterocycles. The molecule has 120 valence electrons. The average Bonchev–Trinajstić information content (AvgIpc) is 2.54. The number of aromatic nitrogens is 1. The lowest BCUT2D eigenvalue weighted by molar-refractivity contribution is -0.117. The summed E-state index contributed by atoms with van der Waals surface area (Å²) in [6, 6.07) is 7.63. The number of nitrogen functional groups attached to an aromatic ring is 1. The van der Waals surface area contributed by atoms with Gasteiger partial charge in [0.25, 0.3) is 0 Å². The number of phenols is 1. The number of methoxy groups -OCH3 is 1. The molecule has 7 heteroatoms. The summed E-state index contributed by atoms with van der Waals surface area (Å²) in [7, 11) is 1.52. The van der Waals surface area contributed by atoms with Crippen molar-refractivity contribution in [2.24, 2.45) is 0 Å². The van der Waals surface area contributed by atoms with Gasteiger partial charge in [-0.2, -0.15) is 0 Å². The van der Waals surface area contributed by atoms with Crippen LogP contribution < -0.4 is 11.1 Å². The number of amides is 1. The summed E-state index contributed by atoms with van der Waals surface area (Å²) in [6.07, 6.45) is 1.72. The zero-order valence-corrected chi connectivity index (χ0v) is 12.7. The molecule has 1 heterocycles. The second-order valence-corrected chi connectivity index (χ2v) is 4.87. The molecule has 0 saturated carbocycles. The van der Waals surface area contributed by atoms with Gasteiger partial charge in [-0.3, -0.25) is 10.2 Å². The fraction of sp³-hybridized carbons (Fsp3) is 0.188. The molecule has 23 heavy (non-hydrogen) atoms. The summed E-state index contributed by atoms with van der Waals surface area (Å²) < 4.78 is 4.84. The standard InChI is InChI=1S/C16H18N4O3/c1-23-7-5-15(22)20-14-8-10(4-6-19-14)16(18)12-9-11(21)2-3-13(12)17/h2-4,6,8-9,18,21H,5,7,17H2,1H3,(H,19,20,22). The van der Waals surface area contributed by atoms with Gasteiger partial charge in [-0.15, -0.1) is 0 Å². The quantitative estimate of drug-likeness (QED) is 0.368. The van der Waals surface area contributed by atoms with E-state index in [4.69, 9.17) is 15.9 Å². The molecule has 1 aromatic heterocycles. The highest BCUT2D eigenvalue weighted by Gasteiger charge is 2.11. The molecular weight excluding hydrogens is 296 g/mol. The van der Waals surface area contributed by atoms with Crippen LogP contribution in [0.15, 0.2) is 36.5 Å². The van der Waals surface area contributed by atoms with E-state index >= 15 is 0 Å². The van der Waals surface area contributed by atoms with Crippen molar-refractivity contribution >= 4 is 23.1 Å². The number of carbonyl (C=O) groups excluding carboxylic acids is 1. The van der Waals surface area contributed by atoms with Crippen LogP contribution in [0.2, 0.25) is 0 Å². The summed E-state index contributed by atoms with van der Waals surface area (Å²) in [4.78, 5) is 15.7. The minimum absolute atomic E-state index is 0.0288. The highest BCUT2D eigenvalue weighted by molar-refractivity contribution is 6.14. The molecule has 7 nitrogen and oxygen atoms in total. The Balaban J connectivity index is 2.20. The van der Waals surface area contributed by atoms with Crippen molar-refractivity contribution in [2.45, 2.75) is 6.42 Å². The number of benzene rings is 1. The predicted molar refractivity (Wildman–Crippen MR) is 87.8 cm³/mol. The highest BCUT2D eigenvalue weighted by atomic mass is 16.5. The maximum absolute atomic E-state index is 11.7. The highest BCUT2D eigenvalue weighted by Crippen LogP contribution is 2.22. The number of nitrogens with zero attached hydrogens (tertiary/aromatic N) is 1. The predicted octanol–water partition coefficient (Wildman–Crippen LogP) is 1.76. The molecule has 1 amide bonds. The Bertz CT molecular complexity index is 731. The molecule has 2 aromatic rings. The lowest BCUT2D eigenvalue weighted by Gasteiger charge is -2.10. The molecule has 0 spiro atoms. The maximum atomic E-state index is 11.7. The smallest absolute Gasteiger partial charge is 0.227 e. The Labute approximate surface area is 133 Å². The molecule has 0 fully saturated rings. The minimum atomic E-state index is -0.222. The van der Waals surface area contributed by atoms with Crippen molar-refractivity contribution < 1.29 is 14.6 Å². The van der Waals surface area contributed by atoms with Crippen LogP contribution in [-0.2, 0) is 9.53 Å². The van der Waals surface area contributed by atoms with Gasteiger partial charge in [0, 0.05) is 30.1 Å². The van der Waals surface area contributed by atoms with Crippen molar-refractivity contribution in [3.8, 4) is 5.75 Å². The lowest BCUT2D eigenvalue weighted by atomic mass is 10.0. The van der Waals surface area contributed by atoms with Gasteiger partial charge in [-0.1, -0.05) is 0 Å². The van der Waals surface area contributed by atoms with Crippen molar-refractivity contribution in [1.29, 1.82) is 5.41 Å². The van der Waals surface area contributed by atoms with E-state index in [1.807, 2.05) is 0 Å². The molecule has 0 aliphatic rings. The lowest BCUT2D eigenvalue weighted by Crippen LogP contribution is -2.15. The number of nitrogens with one attached hydrogen (secondary N) is 2. The SMILES string of the molecule is COCCC(=O)Nc1cc(C(=N)c2cc(O)ccc2N)ccn1. The Kier molecular flexibility index (Phi) is 5.27. The number of hydrogen-bond donors (Lipinski definition) is 4. The van der Waals surface area contributed by atoms with E-state index < -0.39 is 0 Å². The second-order valence-electron chi connectivity index (χ2n) is 4.87. The van der Waals surface area contributed by atoms with Crippen LogP contribution in [0.25, 0.3) is 0 Å². The van der Waals surface area contributed by atoms with E-state index in [0.29, 0.717) is 29.2 Å². The van der Waals surface area contributed by atoms with Crippen molar-refractivity contribution in [3.05, 3.63) is 47.7 Å². The topological polar surface area (TPSA) is 121 Å². The van der Waals surface area contributed by atoms with Crippen molar-refractivity contribution in [1.82, 2.24) is 4.98 Å². The van der Waals surface area contributed by atoms with Gasteiger partial charge in [0.1, 0.15) is 11.6 Å². The first-order valence-electron chi connectivity index (χ1n) is 6.94. The number of carbonyl (C=O) groups is 1. The number of ether oxygens (including phenoxy) is 1. The third-order valence-electron chi connectivity index (χ3n) is 3.16. The first kappa shape index (κ1) is 16.4. The van der Waals surface area contributed by atoms with E-state index in [1.54, 1.807) is 12.1 Å². The molecule has 0 aliphatic heterocycles. The van der Waals surface area contributed by atoms with E-state index in [2.05, 4.69) is 10.3 Å². The van der Waals surface area contributed by atoms with Crippen LogP contribution in [0, 0.1) is 5.41 Å². The first-order chi connectivity index (χ1) is 11.0. The zero-order valence-electron chi connectivity index (χ0n) is 12.7. The number of nitrogens with two attached hydrogens (primary N) is 1. The van der Waals surface area contributed by atoms with Crippen LogP contribution >= 0.6 is 0 Å². The third-order valence-corrected chi connectivity index (χ3v) is 3.16. The number of anilines is 2. The summed E-state index contributed by atoms with van der Waals surface area (Å²) >= 11 is 0. The van der Waals surface area contributed by atoms with Gasteiger partial charge in [0.05, 0.1) is 18.7 Å². The van der Waals surface area contributed by atoms with E-state index in [9.17, 15) is 9.90 Å². The number of hydrogen-bond acceptors (Lipinski definition) is 6. The summed E-state index contributed by atoms with van der Waals surface area (Å²) in [6.45, 7) is 0.321. The molecule has 0 atom stereocenters. The van der Waals surface area contributed by atoms with E-state index in [0.717, 1.165) is 0 Å². The van der Waals surface area contributed by atoms with Gasteiger partial charge in [0.15, 0.2) is 0 Å². The fourth-order valence-electron chi connectivity index (χ4n) is 1.97. The van der Waals surface area contributed by atoms with Gasteiger partial charge in [0.2, 0.25) is 5.91 Å². The van der Waals surface area contributed by atoms with Crippen molar-refractivity contribution in [3.63, 3.8) is 0 Å². The zero-order chi connectivity index (χ0) is 16.8. The Hall–Kier alpha value is -2.93. The van der Waals surface area contributed by atoms with Gasteiger partial charge in [-0.05, 0) is 30.3 Å². The average molecular weight is 314 g/mol. The monoisotopic (exact) mass is 314 g/mol. The molecule has 2 rings (SSSR count). The van der Waals surface area contributed by atoms with Crippen LogP contribution in [0.3, 0.4) is 0 Å². The normalized spacial score (nSPS) is 10.3. The largest absolute Gasteiger partial charge is 0.508 e. The van der Waals surface area contributed by atoms with Gasteiger partial charge in [-0.25, -0.2) is 4.98 Å². The molecular formula is C16H18N4O3. The van der Waals surface area contributed by atoms with E-state index in [1.165, 1.54) is 31.5 Å². The molecule has 5 N–H and O–H groups in total. The number of aromatic hydroxyl groups is 1. The number of phenolic OH excluding ortho intramolecular Hbond substituents is 1. The number of rotatable bonds is 6. The molecule has 1 aromatic carbocycles. The second kappa shape index (κ2) is 7.37. The fourth-order valence-corrected chi connectivity index (χ4v) is 1.97.